The molecule has 0 unspecified atom stereocenters. The van der Waals surface area contributed by atoms with Crippen molar-refractivity contribution in [1.82, 2.24) is 0 Å². The van der Waals surface area contributed by atoms with Crippen molar-refractivity contribution in [2.75, 3.05) is 20.3 Å². The van der Waals surface area contributed by atoms with Crippen molar-refractivity contribution in [2.45, 2.75) is 19.8 Å². The summed E-state index contributed by atoms with van der Waals surface area (Å²) in [6, 6.07) is 12.7. The van der Waals surface area contributed by atoms with Crippen LogP contribution in [0.25, 0.3) is 10.8 Å². The molecule has 2 nitrogen and oxygen atoms in total. The third kappa shape index (κ3) is 3.02. The SMILES string of the molecule is CCc1cc(OCCCOC)c2ccccc2c1. The fraction of sp³-hybridized carbons (Fsp3) is 0.375. The molecule has 0 aliphatic heterocycles. The molecule has 0 aliphatic rings. The van der Waals surface area contributed by atoms with Gasteiger partial charge < -0.3 is 9.47 Å². The number of hydrogen-bond acceptors (Lipinski definition) is 2. The highest BCUT2D eigenvalue weighted by atomic mass is 16.5. The van der Waals surface area contributed by atoms with E-state index < -0.39 is 0 Å². The molecule has 96 valence electrons. The van der Waals surface area contributed by atoms with Crippen LogP contribution in [0, 0.1) is 0 Å². The Morgan fingerprint density at radius 1 is 1.06 bits per heavy atom. The van der Waals surface area contributed by atoms with E-state index >= 15 is 0 Å². The van der Waals surface area contributed by atoms with Gasteiger partial charge in [0.2, 0.25) is 0 Å². The molecule has 0 aliphatic carbocycles. The molecule has 0 amide bonds. The van der Waals surface area contributed by atoms with Crippen LogP contribution in [0.2, 0.25) is 0 Å². The van der Waals surface area contributed by atoms with Gasteiger partial charge in [-0.25, -0.2) is 0 Å². The normalized spacial score (nSPS) is 10.8. The number of hydrogen-bond donors (Lipinski definition) is 0. The lowest BCUT2D eigenvalue weighted by atomic mass is 10.0. The standard InChI is InChI=1S/C16H20O2/c1-3-13-11-14-7-4-5-8-15(14)16(12-13)18-10-6-9-17-2/h4-5,7-8,11-12H,3,6,9-10H2,1-2H3. The third-order valence-corrected chi connectivity index (χ3v) is 3.04. The van der Waals surface area contributed by atoms with Gasteiger partial charge in [0.05, 0.1) is 6.61 Å². The highest BCUT2D eigenvalue weighted by molar-refractivity contribution is 5.89. The van der Waals surface area contributed by atoms with E-state index in [4.69, 9.17) is 9.47 Å². The summed E-state index contributed by atoms with van der Waals surface area (Å²) in [7, 11) is 1.72. The molecule has 0 spiro atoms. The summed E-state index contributed by atoms with van der Waals surface area (Å²) in [6.07, 6.45) is 1.94. The van der Waals surface area contributed by atoms with E-state index in [0.29, 0.717) is 6.61 Å². The first-order valence-corrected chi connectivity index (χ1v) is 6.48. The average Bonchev–Trinajstić information content (AvgIpc) is 2.43. The largest absolute Gasteiger partial charge is 0.493 e. The lowest BCUT2D eigenvalue weighted by Crippen LogP contribution is -2.02. The van der Waals surface area contributed by atoms with E-state index in [1.54, 1.807) is 7.11 Å². The van der Waals surface area contributed by atoms with Crippen LogP contribution >= 0.6 is 0 Å². The van der Waals surface area contributed by atoms with Crippen molar-refractivity contribution in [1.29, 1.82) is 0 Å². The van der Waals surface area contributed by atoms with Crippen molar-refractivity contribution in [3.05, 3.63) is 42.0 Å². The third-order valence-electron chi connectivity index (χ3n) is 3.04. The monoisotopic (exact) mass is 244 g/mol. The molecule has 0 saturated heterocycles. The van der Waals surface area contributed by atoms with Gasteiger partial charge in [-0.15, -0.1) is 0 Å². The number of fused-ring (bicyclic) bond motifs is 1. The molecule has 0 fully saturated rings. The van der Waals surface area contributed by atoms with Crippen LogP contribution in [-0.4, -0.2) is 20.3 Å². The molecule has 0 heterocycles. The lowest BCUT2D eigenvalue weighted by Gasteiger charge is -2.11. The summed E-state index contributed by atoms with van der Waals surface area (Å²) in [6.45, 7) is 3.61. The molecular formula is C16H20O2. The number of benzene rings is 2. The summed E-state index contributed by atoms with van der Waals surface area (Å²) < 4.78 is 10.9. The van der Waals surface area contributed by atoms with E-state index in [1.807, 2.05) is 0 Å². The van der Waals surface area contributed by atoms with Crippen molar-refractivity contribution in [2.24, 2.45) is 0 Å². The summed E-state index contributed by atoms with van der Waals surface area (Å²) in [5, 5.41) is 2.44. The van der Waals surface area contributed by atoms with Crippen LogP contribution in [0.15, 0.2) is 36.4 Å². The Labute approximate surface area is 109 Å². The van der Waals surface area contributed by atoms with Gasteiger partial charge >= 0.3 is 0 Å². The van der Waals surface area contributed by atoms with E-state index in [9.17, 15) is 0 Å². The molecule has 0 N–H and O–H groups in total. The zero-order valence-electron chi connectivity index (χ0n) is 11.1. The van der Waals surface area contributed by atoms with Crippen molar-refractivity contribution in [3.8, 4) is 5.75 Å². The molecular weight excluding hydrogens is 224 g/mol. The lowest BCUT2D eigenvalue weighted by molar-refractivity contribution is 0.172. The van der Waals surface area contributed by atoms with Crippen molar-refractivity contribution >= 4 is 10.8 Å². The zero-order chi connectivity index (χ0) is 12.8. The maximum Gasteiger partial charge on any atom is 0.127 e. The molecule has 2 aromatic rings. The van der Waals surface area contributed by atoms with Gasteiger partial charge in [0.15, 0.2) is 0 Å². The minimum atomic E-state index is 0.699. The van der Waals surface area contributed by atoms with Gasteiger partial charge in [-0.3, -0.25) is 0 Å². The predicted molar refractivity (Wildman–Crippen MR) is 75.3 cm³/mol. The van der Waals surface area contributed by atoms with Gasteiger partial charge in [-0.1, -0.05) is 37.3 Å². The maximum atomic E-state index is 5.88. The Kier molecular flexibility index (Phi) is 4.59. The maximum absolute atomic E-state index is 5.88. The molecule has 18 heavy (non-hydrogen) atoms. The van der Waals surface area contributed by atoms with Crippen molar-refractivity contribution < 1.29 is 9.47 Å². The number of methoxy groups -OCH3 is 1. The van der Waals surface area contributed by atoms with Crippen LogP contribution in [0.5, 0.6) is 5.75 Å². The molecule has 0 atom stereocenters. The van der Waals surface area contributed by atoms with Crippen molar-refractivity contribution in [3.63, 3.8) is 0 Å². The zero-order valence-corrected chi connectivity index (χ0v) is 11.1. The van der Waals surface area contributed by atoms with E-state index in [1.165, 1.54) is 16.3 Å². The summed E-state index contributed by atoms with van der Waals surface area (Å²) in [5.74, 6) is 0.987. The second-order valence-corrected chi connectivity index (χ2v) is 4.36. The highest BCUT2D eigenvalue weighted by Crippen LogP contribution is 2.28. The molecule has 2 heteroatoms. The second kappa shape index (κ2) is 6.41. The van der Waals surface area contributed by atoms with E-state index in [-0.39, 0.29) is 0 Å². The molecule has 0 aromatic heterocycles. The van der Waals surface area contributed by atoms with Gasteiger partial charge in [0, 0.05) is 25.5 Å². The molecule has 0 radical (unpaired) electrons. The fourth-order valence-electron chi connectivity index (χ4n) is 2.04. The smallest absolute Gasteiger partial charge is 0.127 e. The van der Waals surface area contributed by atoms with Gasteiger partial charge in [0.25, 0.3) is 0 Å². The average molecular weight is 244 g/mol. The quantitative estimate of drug-likeness (QED) is 0.719. The molecule has 2 aromatic carbocycles. The van der Waals surface area contributed by atoms with E-state index in [2.05, 4.69) is 43.3 Å². The Bertz CT molecular complexity index is 505. The number of rotatable bonds is 6. The Morgan fingerprint density at radius 2 is 1.89 bits per heavy atom. The molecule has 2 rings (SSSR count). The van der Waals surface area contributed by atoms with Gasteiger partial charge in [-0.05, 0) is 23.4 Å². The molecule has 0 bridgehead atoms. The fourth-order valence-corrected chi connectivity index (χ4v) is 2.04. The van der Waals surface area contributed by atoms with Crippen LogP contribution < -0.4 is 4.74 Å². The van der Waals surface area contributed by atoms with Gasteiger partial charge in [0.1, 0.15) is 5.75 Å². The van der Waals surface area contributed by atoms with Crippen LogP contribution in [-0.2, 0) is 11.2 Å². The number of ether oxygens (including phenoxy) is 2. The van der Waals surface area contributed by atoms with Crippen LogP contribution in [0.1, 0.15) is 18.9 Å². The van der Waals surface area contributed by atoms with Gasteiger partial charge in [-0.2, -0.15) is 0 Å². The van der Waals surface area contributed by atoms with Crippen LogP contribution in [0.3, 0.4) is 0 Å². The Hall–Kier alpha value is -1.54. The second-order valence-electron chi connectivity index (χ2n) is 4.36. The first-order valence-electron chi connectivity index (χ1n) is 6.48. The predicted octanol–water partition coefficient (Wildman–Crippen LogP) is 3.82. The summed E-state index contributed by atoms with van der Waals surface area (Å²) in [5.41, 5.74) is 1.32. The Morgan fingerprint density at radius 3 is 2.67 bits per heavy atom. The first kappa shape index (κ1) is 12.9. The molecule has 0 saturated carbocycles. The minimum Gasteiger partial charge on any atom is -0.493 e. The summed E-state index contributed by atoms with van der Waals surface area (Å²) >= 11 is 0. The van der Waals surface area contributed by atoms with E-state index in [0.717, 1.165) is 25.2 Å². The Balaban J connectivity index is 2.23. The summed E-state index contributed by atoms with van der Waals surface area (Å²) in [4.78, 5) is 0. The minimum absolute atomic E-state index is 0.699. The first-order chi connectivity index (χ1) is 8.85. The highest BCUT2D eigenvalue weighted by Gasteiger charge is 2.04. The van der Waals surface area contributed by atoms with Crippen LogP contribution in [0.4, 0.5) is 0 Å². The number of aryl methyl sites for hydroxylation is 1. The topological polar surface area (TPSA) is 18.5 Å².